The highest BCUT2D eigenvalue weighted by Gasteiger charge is 2.21. The molecule has 1 unspecified atom stereocenters. The van der Waals surface area contributed by atoms with E-state index in [2.05, 4.69) is 11.2 Å². The predicted octanol–water partition coefficient (Wildman–Crippen LogP) is 1.83. The lowest BCUT2D eigenvalue weighted by Crippen LogP contribution is -2.34. The van der Waals surface area contributed by atoms with Crippen LogP contribution in [0.5, 0.6) is 5.75 Å². The quantitative estimate of drug-likeness (QED) is 0.481. The van der Waals surface area contributed by atoms with Crippen molar-refractivity contribution in [2.75, 3.05) is 0 Å². The molecule has 0 aliphatic rings. The largest absolute Gasteiger partial charge is 0.502 e. The van der Waals surface area contributed by atoms with Crippen LogP contribution >= 0.6 is 0 Å². The van der Waals surface area contributed by atoms with Crippen molar-refractivity contribution in [2.45, 2.75) is 25.8 Å². The van der Waals surface area contributed by atoms with Gasteiger partial charge in [0.15, 0.2) is 0 Å². The van der Waals surface area contributed by atoms with Gasteiger partial charge in [-0.25, -0.2) is 0 Å². The molecule has 1 rings (SSSR count). The van der Waals surface area contributed by atoms with Gasteiger partial charge in [0.25, 0.3) is 5.91 Å². The maximum Gasteiger partial charge on any atom is 0.311 e. The van der Waals surface area contributed by atoms with E-state index in [-0.39, 0.29) is 11.6 Å². The first-order chi connectivity index (χ1) is 9.01. The van der Waals surface area contributed by atoms with Gasteiger partial charge in [0.1, 0.15) is 0 Å². The molecule has 1 aromatic rings. The highest BCUT2D eigenvalue weighted by atomic mass is 16.6. The summed E-state index contributed by atoms with van der Waals surface area (Å²) in [6, 6.07) is 3.57. The molecule has 0 aromatic heterocycles. The SMILES string of the molecule is C#CCC(CC)NC(=O)c1cccc([N+](=O)[O-])c1O. The second-order valence-corrected chi connectivity index (χ2v) is 3.92. The highest BCUT2D eigenvalue weighted by molar-refractivity contribution is 5.98. The molecule has 2 N–H and O–H groups in total. The average Bonchev–Trinajstić information content (AvgIpc) is 2.37. The van der Waals surface area contributed by atoms with Gasteiger partial charge < -0.3 is 10.4 Å². The standard InChI is InChI=1S/C13H14N2O4/c1-3-6-9(4-2)14-13(17)10-7-5-8-11(12(10)16)15(18)19/h1,5,7-9,16H,4,6H2,2H3,(H,14,17). The summed E-state index contributed by atoms with van der Waals surface area (Å²) in [5.74, 6) is 1.22. The lowest BCUT2D eigenvalue weighted by molar-refractivity contribution is -0.385. The molecule has 1 aromatic carbocycles. The number of nitrogens with zero attached hydrogens (tertiary/aromatic N) is 1. The Kier molecular flexibility index (Phi) is 4.89. The zero-order valence-electron chi connectivity index (χ0n) is 10.4. The number of amides is 1. The summed E-state index contributed by atoms with van der Waals surface area (Å²) < 4.78 is 0. The number of nitro groups is 1. The minimum atomic E-state index is -0.745. The summed E-state index contributed by atoms with van der Waals surface area (Å²) >= 11 is 0. The number of phenols is 1. The first kappa shape index (κ1) is 14.5. The summed E-state index contributed by atoms with van der Waals surface area (Å²) in [6.07, 6.45) is 6.16. The average molecular weight is 262 g/mol. The molecule has 0 saturated heterocycles. The highest BCUT2D eigenvalue weighted by Crippen LogP contribution is 2.29. The zero-order chi connectivity index (χ0) is 14.4. The number of hydrogen-bond acceptors (Lipinski definition) is 4. The topological polar surface area (TPSA) is 92.5 Å². The van der Waals surface area contributed by atoms with Crippen molar-refractivity contribution >= 4 is 11.6 Å². The van der Waals surface area contributed by atoms with Crippen LogP contribution in [0.4, 0.5) is 5.69 Å². The van der Waals surface area contributed by atoms with E-state index in [9.17, 15) is 20.0 Å². The molecule has 100 valence electrons. The van der Waals surface area contributed by atoms with Gasteiger partial charge in [-0.05, 0) is 12.5 Å². The summed E-state index contributed by atoms with van der Waals surface area (Å²) in [5.41, 5.74) is -0.637. The van der Waals surface area contributed by atoms with E-state index in [1.807, 2.05) is 6.92 Å². The number of phenolic OH excluding ortho intramolecular Hbond substituents is 1. The Morgan fingerprint density at radius 3 is 2.84 bits per heavy atom. The van der Waals surface area contributed by atoms with Crippen molar-refractivity contribution in [1.29, 1.82) is 0 Å². The number of hydrogen-bond donors (Lipinski definition) is 2. The number of terminal acetylenes is 1. The van der Waals surface area contributed by atoms with Crippen molar-refractivity contribution in [2.24, 2.45) is 0 Å². The van der Waals surface area contributed by atoms with Gasteiger partial charge in [0, 0.05) is 18.5 Å². The van der Waals surface area contributed by atoms with Gasteiger partial charge in [0.05, 0.1) is 10.5 Å². The first-order valence-corrected chi connectivity index (χ1v) is 5.72. The lowest BCUT2D eigenvalue weighted by Gasteiger charge is -2.14. The Morgan fingerprint density at radius 1 is 1.63 bits per heavy atom. The Balaban J connectivity index is 2.98. The van der Waals surface area contributed by atoms with Crippen molar-refractivity contribution in [3.63, 3.8) is 0 Å². The van der Waals surface area contributed by atoms with Gasteiger partial charge in [-0.1, -0.05) is 13.0 Å². The third-order valence-electron chi connectivity index (χ3n) is 2.65. The maximum atomic E-state index is 11.9. The maximum absolute atomic E-state index is 11.9. The fraction of sp³-hybridized carbons (Fsp3) is 0.308. The van der Waals surface area contributed by atoms with Crippen LogP contribution in [0, 0.1) is 22.5 Å². The number of carbonyl (C=O) groups excluding carboxylic acids is 1. The molecule has 0 aliphatic heterocycles. The van der Waals surface area contributed by atoms with Crippen LogP contribution in [0.1, 0.15) is 30.1 Å². The summed E-state index contributed by atoms with van der Waals surface area (Å²) in [6.45, 7) is 1.86. The van der Waals surface area contributed by atoms with Crippen LogP contribution in [-0.2, 0) is 0 Å². The molecule has 0 fully saturated rings. The normalized spacial score (nSPS) is 11.4. The summed E-state index contributed by atoms with van der Waals surface area (Å²) in [4.78, 5) is 21.8. The van der Waals surface area contributed by atoms with Gasteiger partial charge >= 0.3 is 5.69 Å². The van der Waals surface area contributed by atoms with Crippen LogP contribution in [-0.4, -0.2) is 22.0 Å². The fourth-order valence-electron chi connectivity index (χ4n) is 1.56. The van der Waals surface area contributed by atoms with E-state index in [4.69, 9.17) is 6.42 Å². The van der Waals surface area contributed by atoms with E-state index >= 15 is 0 Å². The molecule has 0 saturated carbocycles. The molecule has 6 nitrogen and oxygen atoms in total. The molecular weight excluding hydrogens is 248 g/mol. The first-order valence-electron chi connectivity index (χ1n) is 5.72. The third kappa shape index (κ3) is 3.45. The van der Waals surface area contributed by atoms with E-state index in [0.717, 1.165) is 6.07 Å². The second kappa shape index (κ2) is 6.40. The monoisotopic (exact) mass is 262 g/mol. The number of nitrogens with one attached hydrogen (secondary N) is 1. The molecule has 1 amide bonds. The Labute approximate surface area is 110 Å². The fourth-order valence-corrected chi connectivity index (χ4v) is 1.56. The Bertz CT molecular complexity index is 534. The van der Waals surface area contributed by atoms with Gasteiger partial charge in [0.2, 0.25) is 5.75 Å². The Hall–Kier alpha value is -2.55. The number of nitro benzene ring substituents is 1. The number of aromatic hydroxyl groups is 1. The lowest BCUT2D eigenvalue weighted by atomic mass is 10.1. The summed E-state index contributed by atoms with van der Waals surface area (Å²) in [5, 5.41) is 23.0. The minimum absolute atomic E-state index is 0.135. The number of carbonyl (C=O) groups is 1. The van der Waals surface area contributed by atoms with Crippen LogP contribution in [0.15, 0.2) is 18.2 Å². The van der Waals surface area contributed by atoms with Gasteiger partial charge in [-0.15, -0.1) is 12.3 Å². The minimum Gasteiger partial charge on any atom is -0.502 e. The van der Waals surface area contributed by atoms with Gasteiger partial charge in [-0.2, -0.15) is 0 Å². The van der Waals surface area contributed by atoms with E-state index in [1.54, 1.807) is 0 Å². The van der Waals surface area contributed by atoms with Crippen molar-refractivity contribution in [1.82, 2.24) is 5.32 Å². The molecule has 0 spiro atoms. The van der Waals surface area contributed by atoms with Crippen LogP contribution in [0.25, 0.3) is 0 Å². The molecule has 19 heavy (non-hydrogen) atoms. The molecule has 6 heteroatoms. The molecule has 0 heterocycles. The van der Waals surface area contributed by atoms with E-state index in [0.29, 0.717) is 12.8 Å². The second-order valence-electron chi connectivity index (χ2n) is 3.92. The van der Waals surface area contributed by atoms with Crippen molar-refractivity contribution in [3.8, 4) is 18.1 Å². The number of benzene rings is 1. The van der Waals surface area contributed by atoms with Crippen LogP contribution in [0.2, 0.25) is 0 Å². The molecule has 0 bridgehead atoms. The van der Waals surface area contributed by atoms with Crippen molar-refractivity contribution in [3.05, 3.63) is 33.9 Å². The third-order valence-corrected chi connectivity index (χ3v) is 2.65. The number of rotatable bonds is 5. The molecule has 0 radical (unpaired) electrons. The molecule has 1 atom stereocenters. The zero-order valence-corrected chi connectivity index (χ0v) is 10.4. The van der Waals surface area contributed by atoms with E-state index < -0.39 is 22.3 Å². The van der Waals surface area contributed by atoms with E-state index in [1.165, 1.54) is 12.1 Å². The van der Waals surface area contributed by atoms with Gasteiger partial charge in [-0.3, -0.25) is 14.9 Å². The Morgan fingerprint density at radius 2 is 2.32 bits per heavy atom. The summed E-state index contributed by atoms with van der Waals surface area (Å²) in [7, 11) is 0. The predicted molar refractivity (Wildman–Crippen MR) is 69.8 cm³/mol. The van der Waals surface area contributed by atoms with Crippen LogP contribution in [0.3, 0.4) is 0 Å². The van der Waals surface area contributed by atoms with Crippen LogP contribution < -0.4 is 5.32 Å². The molecular formula is C13H14N2O4. The van der Waals surface area contributed by atoms with Crippen molar-refractivity contribution < 1.29 is 14.8 Å². The smallest absolute Gasteiger partial charge is 0.311 e. The number of para-hydroxylation sites is 1. The molecule has 0 aliphatic carbocycles.